The summed E-state index contributed by atoms with van der Waals surface area (Å²) in [4.78, 5) is 26.0. The van der Waals surface area contributed by atoms with Crippen LogP contribution in [-0.4, -0.2) is 27.4 Å². The zero-order chi connectivity index (χ0) is 9.73. The Balaban J connectivity index is 2.29. The van der Waals surface area contributed by atoms with Gasteiger partial charge in [0.1, 0.15) is 0 Å². The van der Waals surface area contributed by atoms with Crippen molar-refractivity contribution in [3.8, 4) is 5.75 Å². The first-order valence-corrected chi connectivity index (χ1v) is 5.98. The summed E-state index contributed by atoms with van der Waals surface area (Å²) in [5.41, 5.74) is 0. The predicted molar refractivity (Wildman–Crippen MR) is 51.8 cm³/mol. The van der Waals surface area contributed by atoms with Crippen molar-refractivity contribution in [2.45, 2.75) is 0 Å². The average Bonchev–Trinajstić information content (AvgIpc) is 2.04. The molecule has 0 amide bonds. The van der Waals surface area contributed by atoms with Crippen LogP contribution in [0, 0.1) is 0 Å². The van der Waals surface area contributed by atoms with Gasteiger partial charge in [-0.3, -0.25) is 0 Å². The zero-order valence-corrected chi connectivity index (χ0v) is 8.05. The van der Waals surface area contributed by atoms with E-state index in [4.69, 9.17) is 19.4 Å². The Morgan fingerprint density at radius 2 is 1.69 bits per heavy atom. The van der Waals surface area contributed by atoms with Crippen LogP contribution < -0.4 is 4.74 Å². The van der Waals surface area contributed by atoms with Crippen LogP contribution in [0.4, 0.5) is 0 Å². The second-order valence-corrected chi connectivity index (χ2v) is 4.73. The van der Waals surface area contributed by atoms with Crippen molar-refractivity contribution < 1.29 is 19.4 Å². The van der Waals surface area contributed by atoms with Crippen LogP contribution in [0.5, 0.6) is 5.75 Å². The van der Waals surface area contributed by atoms with Gasteiger partial charge in [-0.25, -0.2) is 0 Å². The van der Waals surface area contributed by atoms with Gasteiger partial charge in [0.2, 0.25) is 0 Å². The van der Waals surface area contributed by atoms with Crippen molar-refractivity contribution in [1.82, 2.24) is 0 Å². The summed E-state index contributed by atoms with van der Waals surface area (Å²) in [6.07, 6.45) is -0.109. The second kappa shape index (κ2) is 4.53. The third-order valence-electron chi connectivity index (χ3n) is 1.45. The summed E-state index contributed by atoms with van der Waals surface area (Å²) in [5.74, 6) is 0.653. The fraction of sp³-hybridized carbons (Fsp3) is 0.250. The van der Waals surface area contributed by atoms with Gasteiger partial charge in [0, 0.05) is 0 Å². The molecule has 0 aromatic heterocycles. The summed E-state index contributed by atoms with van der Waals surface area (Å²) in [5, 5.41) is 0. The third-order valence-corrected chi connectivity index (χ3v) is 2.32. The van der Waals surface area contributed by atoms with Crippen molar-refractivity contribution in [3.05, 3.63) is 30.3 Å². The molecule has 0 saturated carbocycles. The van der Waals surface area contributed by atoms with Crippen LogP contribution in [0.1, 0.15) is 0 Å². The number of ether oxygens (including phenoxy) is 1. The van der Waals surface area contributed by atoms with Gasteiger partial charge in [-0.1, -0.05) is 0 Å². The van der Waals surface area contributed by atoms with E-state index in [1.165, 1.54) is 0 Å². The van der Waals surface area contributed by atoms with Gasteiger partial charge in [0.25, 0.3) is 0 Å². The molecule has 0 heterocycles. The molecule has 1 aromatic carbocycles. The molecule has 0 aliphatic heterocycles. The van der Waals surface area contributed by atoms with E-state index >= 15 is 0 Å². The number of para-hydroxylation sites is 1. The molecule has 1 aromatic rings. The Kier molecular flexibility index (Phi) is 3.63. The molecule has 0 fully saturated rings. The van der Waals surface area contributed by atoms with Gasteiger partial charge in [-0.15, -0.1) is 0 Å². The van der Waals surface area contributed by atoms with Crippen molar-refractivity contribution in [3.63, 3.8) is 0 Å². The molecular formula is C8H13O4P. The first kappa shape index (κ1) is 10.4. The molecule has 5 heteroatoms. The van der Waals surface area contributed by atoms with Gasteiger partial charge >= 0.3 is 76.2 Å². The van der Waals surface area contributed by atoms with Crippen LogP contribution in [0.25, 0.3) is 0 Å². The minimum absolute atomic E-state index is 0.109. The van der Waals surface area contributed by atoms with E-state index in [0.29, 0.717) is 5.75 Å². The van der Waals surface area contributed by atoms with E-state index in [0.717, 1.165) is 0 Å². The van der Waals surface area contributed by atoms with Crippen LogP contribution in [0.15, 0.2) is 30.3 Å². The Labute approximate surface area is 77.0 Å². The monoisotopic (exact) mass is 204 g/mol. The zero-order valence-electron chi connectivity index (χ0n) is 7.05. The van der Waals surface area contributed by atoms with E-state index in [1.807, 2.05) is 18.2 Å². The normalized spacial score (nSPS) is 12.5. The Hall–Kier alpha value is -0.670. The standard InChI is InChI=1S/C8H13O4P/c9-13(10,11)7-6-12-8-4-2-1-3-5-8/h1-5,9-11,13H,6-7H2. The second-order valence-electron chi connectivity index (χ2n) is 2.69. The molecule has 74 valence electrons. The summed E-state index contributed by atoms with van der Waals surface area (Å²) in [6.45, 7) is 0.111. The maximum atomic E-state index is 8.67. The number of hydrogen-bond acceptors (Lipinski definition) is 4. The van der Waals surface area contributed by atoms with Crippen molar-refractivity contribution in [2.24, 2.45) is 0 Å². The molecule has 0 radical (unpaired) electrons. The van der Waals surface area contributed by atoms with Crippen molar-refractivity contribution >= 4 is 7.94 Å². The van der Waals surface area contributed by atoms with Gasteiger partial charge in [0.15, 0.2) is 0 Å². The van der Waals surface area contributed by atoms with Crippen LogP contribution in [-0.2, 0) is 0 Å². The Morgan fingerprint density at radius 1 is 1.08 bits per heavy atom. The molecule has 13 heavy (non-hydrogen) atoms. The van der Waals surface area contributed by atoms with Gasteiger partial charge in [-0.05, 0) is 0 Å². The Bertz CT molecular complexity index is 244. The predicted octanol–water partition coefficient (Wildman–Crippen LogP) is 0.537. The molecule has 0 atom stereocenters. The fourth-order valence-corrected chi connectivity index (χ4v) is 1.20. The van der Waals surface area contributed by atoms with Crippen LogP contribution >= 0.6 is 7.94 Å². The summed E-state index contributed by atoms with van der Waals surface area (Å²) < 4.78 is 5.14. The molecule has 0 bridgehead atoms. The van der Waals surface area contributed by atoms with E-state index < -0.39 is 7.94 Å². The van der Waals surface area contributed by atoms with Crippen molar-refractivity contribution in [2.75, 3.05) is 12.8 Å². The van der Waals surface area contributed by atoms with Crippen LogP contribution in [0.3, 0.4) is 0 Å². The molecular weight excluding hydrogens is 191 g/mol. The SMILES string of the molecule is O[PH](O)(O)CCOc1ccccc1. The number of hydrogen-bond donors (Lipinski definition) is 3. The maximum absolute atomic E-state index is 8.67. The van der Waals surface area contributed by atoms with Gasteiger partial charge < -0.3 is 0 Å². The summed E-state index contributed by atoms with van der Waals surface area (Å²) >= 11 is 0. The first-order valence-electron chi connectivity index (χ1n) is 3.93. The minimum atomic E-state index is -3.94. The van der Waals surface area contributed by atoms with Crippen molar-refractivity contribution in [1.29, 1.82) is 0 Å². The average molecular weight is 204 g/mol. The van der Waals surface area contributed by atoms with E-state index in [2.05, 4.69) is 0 Å². The quantitative estimate of drug-likeness (QED) is 0.626. The summed E-state index contributed by atoms with van der Waals surface area (Å²) in [7, 11) is -3.94. The van der Waals surface area contributed by atoms with Gasteiger partial charge in [0.05, 0.1) is 0 Å². The molecule has 1 rings (SSSR count). The fourth-order valence-electron chi connectivity index (χ4n) is 0.823. The topological polar surface area (TPSA) is 69.9 Å². The number of rotatable bonds is 4. The van der Waals surface area contributed by atoms with E-state index in [1.54, 1.807) is 12.1 Å². The van der Waals surface area contributed by atoms with Gasteiger partial charge in [-0.2, -0.15) is 0 Å². The Morgan fingerprint density at radius 3 is 2.23 bits per heavy atom. The van der Waals surface area contributed by atoms with Crippen LogP contribution in [0.2, 0.25) is 0 Å². The molecule has 3 N–H and O–H groups in total. The number of benzene rings is 1. The molecule has 4 nitrogen and oxygen atoms in total. The molecule has 0 spiro atoms. The summed E-state index contributed by atoms with van der Waals surface area (Å²) in [6, 6.07) is 9.01. The molecule has 0 aliphatic rings. The molecule has 0 unspecified atom stereocenters. The van der Waals surface area contributed by atoms with E-state index in [9.17, 15) is 0 Å². The molecule has 0 saturated heterocycles. The molecule has 0 aliphatic carbocycles. The third kappa shape index (κ3) is 4.80. The first-order chi connectivity index (χ1) is 6.08. The van der Waals surface area contributed by atoms with E-state index in [-0.39, 0.29) is 12.8 Å².